The summed E-state index contributed by atoms with van der Waals surface area (Å²) in [6, 6.07) is 3.42. The van der Waals surface area contributed by atoms with Crippen LogP contribution >= 0.6 is 34.2 Å². The maximum absolute atomic E-state index is 11.1. The summed E-state index contributed by atoms with van der Waals surface area (Å²) in [5.74, 6) is 0.872. The first kappa shape index (κ1) is 11.6. The van der Waals surface area contributed by atoms with E-state index in [0.717, 1.165) is 3.57 Å². The van der Waals surface area contributed by atoms with Gasteiger partial charge in [0.1, 0.15) is 0 Å². The molecule has 0 N–H and O–H groups in total. The topological polar surface area (TPSA) is 35.5 Å². The van der Waals surface area contributed by atoms with Gasteiger partial charge < -0.3 is 9.47 Å². The molecule has 0 amide bonds. The molecule has 14 heavy (non-hydrogen) atoms. The second-order valence-electron chi connectivity index (χ2n) is 2.46. The number of methoxy groups -OCH3 is 2. The molecule has 1 aromatic carbocycles. The van der Waals surface area contributed by atoms with E-state index in [1.807, 2.05) is 0 Å². The van der Waals surface area contributed by atoms with Gasteiger partial charge in [-0.05, 0) is 46.3 Å². The van der Waals surface area contributed by atoms with Gasteiger partial charge in [0.25, 0.3) is 5.24 Å². The highest BCUT2D eigenvalue weighted by Gasteiger charge is 2.15. The quantitative estimate of drug-likeness (QED) is 0.633. The van der Waals surface area contributed by atoms with Crippen molar-refractivity contribution in [3.8, 4) is 11.5 Å². The predicted molar refractivity (Wildman–Crippen MR) is 62.4 cm³/mol. The number of ether oxygens (including phenoxy) is 2. The highest BCUT2D eigenvalue weighted by molar-refractivity contribution is 14.1. The Hall–Kier alpha value is -0.490. The van der Waals surface area contributed by atoms with Crippen LogP contribution in [0.2, 0.25) is 0 Å². The molecule has 5 heteroatoms. The molecule has 1 aromatic rings. The molecule has 0 unspecified atom stereocenters. The van der Waals surface area contributed by atoms with Gasteiger partial charge in [-0.1, -0.05) is 0 Å². The maximum Gasteiger partial charge on any atom is 0.256 e. The molecule has 0 bridgehead atoms. The van der Waals surface area contributed by atoms with E-state index in [1.54, 1.807) is 12.1 Å². The van der Waals surface area contributed by atoms with E-state index in [0.29, 0.717) is 17.1 Å². The van der Waals surface area contributed by atoms with Crippen molar-refractivity contribution in [3.05, 3.63) is 21.3 Å². The lowest BCUT2D eigenvalue weighted by atomic mass is 10.2. The van der Waals surface area contributed by atoms with E-state index in [-0.39, 0.29) is 0 Å². The summed E-state index contributed by atoms with van der Waals surface area (Å²) >= 11 is 7.48. The average Bonchev–Trinajstić information content (AvgIpc) is 2.16. The summed E-state index contributed by atoms with van der Waals surface area (Å²) in [6.45, 7) is 0. The first-order chi connectivity index (χ1) is 6.60. The molecule has 0 aliphatic carbocycles. The number of hydrogen-bond donors (Lipinski definition) is 0. The fourth-order valence-corrected chi connectivity index (χ4v) is 1.81. The third kappa shape index (κ3) is 2.30. The molecule has 0 aromatic heterocycles. The third-order valence-electron chi connectivity index (χ3n) is 1.66. The van der Waals surface area contributed by atoms with Gasteiger partial charge in [0, 0.05) is 3.57 Å². The van der Waals surface area contributed by atoms with Crippen LogP contribution < -0.4 is 9.47 Å². The second-order valence-corrected chi connectivity index (χ2v) is 4.05. The zero-order valence-electron chi connectivity index (χ0n) is 7.64. The number of halogens is 2. The minimum atomic E-state index is -0.557. The second kappa shape index (κ2) is 4.84. The summed E-state index contributed by atoms with van der Waals surface area (Å²) in [6.07, 6.45) is 0. The first-order valence-electron chi connectivity index (χ1n) is 3.71. The lowest BCUT2D eigenvalue weighted by Crippen LogP contribution is -1.99. The van der Waals surface area contributed by atoms with Crippen LogP contribution in [0.15, 0.2) is 12.1 Å². The Balaban J connectivity index is 3.39. The van der Waals surface area contributed by atoms with E-state index >= 15 is 0 Å². The van der Waals surface area contributed by atoms with E-state index in [2.05, 4.69) is 22.6 Å². The predicted octanol–water partition coefficient (Wildman–Crippen LogP) is 2.69. The first-order valence-corrected chi connectivity index (χ1v) is 5.17. The maximum atomic E-state index is 11.1. The van der Waals surface area contributed by atoms with Gasteiger partial charge in [-0.15, -0.1) is 0 Å². The highest BCUT2D eigenvalue weighted by atomic mass is 127. The third-order valence-corrected chi connectivity index (χ3v) is 2.48. The van der Waals surface area contributed by atoms with Crippen molar-refractivity contribution >= 4 is 39.4 Å². The zero-order chi connectivity index (χ0) is 10.7. The molecule has 0 atom stereocenters. The monoisotopic (exact) mass is 326 g/mol. The van der Waals surface area contributed by atoms with Gasteiger partial charge in [0.2, 0.25) is 0 Å². The summed E-state index contributed by atoms with van der Waals surface area (Å²) in [5, 5.41) is -0.557. The molecule has 0 saturated carbocycles. The Morgan fingerprint density at radius 1 is 1.36 bits per heavy atom. The van der Waals surface area contributed by atoms with E-state index in [9.17, 15) is 4.79 Å². The molecule has 76 valence electrons. The molecule has 1 rings (SSSR count). The van der Waals surface area contributed by atoms with Crippen molar-refractivity contribution < 1.29 is 14.3 Å². The van der Waals surface area contributed by atoms with Crippen LogP contribution in [0.25, 0.3) is 0 Å². The molecule has 0 spiro atoms. The molecular weight excluding hydrogens is 318 g/mol. The molecule has 0 aliphatic heterocycles. The van der Waals surface area contributed by atoms with E-state index in [4.69, 9.17) is 21.1 Å². The summed E-state index contributed by atoms with van der Waals surface area (Å²) in [5.41, 5.74) is 0.318. The average molecular weight is 327 g/mol. The van der Waals surface area contributed by atoms with E-state index < -0.39 is 5.24 Å². The Kier molecular flexibility index (Phi) is 4.00. The molecule has 0 aliphatic rings. The molecule has 0 saturated heterocycles. The summed E-state index contributed by atoms with van der Waals surface area (Å²) in [7, 11) is 2.98. The smallest absolute Gasteiger partial charge is 0.256 e. The van der Waals surface area contributed by atoms with Crippen LogP contribution in [0.1, 0.15) is 10.4 Å². The molecule has 0 heterocycles. The van der Waals surface area contributed by atoms with Crippen molar-refractivity contribution in [2.45, 2.75) is 0 Å². The Bertz CT molecular complexity index is 365. The van der Waals surface area contributed by atoms with Crippen LogP contribution in [-0.2, 0) is 0 Å². The molecule has 0 radical (unpaired) electrons. The number of benzene rings is 1. The lowest BCUT2D eigenvalue weighted by Gasteiger charge is -2.10. The summed E-state index contributed by atoms with van der Waals surface area (Å²) in [4.78, 5) is 11.1. The minimum Gasteiger partial charge on any atom is -0.493 e. The van der Waals surface area contributed by atoms with Crippen LogP contribution in [0.5, 0.6) is 11.5 Å². The highest BCUT2D eigenvalue weighted by Crippen LogP contribution is 2.33. The standard InChI is InChI=1S/C9H8ClIO3/c1-13-7-4-5(11)3-6(9(10)12)8(7)14-2/h3-4H,1-2H3. The van der Waals surface area contributed by atoms with Gasteiger partial charge in [-0.3, -0.25) is 4.79 Å². The normalized spacial score (nSPS) is 9.71. The zero-order valence-corrected chi connectivity index (χ0v) is 10.5. The largest absolute Gasteiger partial charge is 0.493 e. The number of carbonyl (C=O) groups is 1. The van der Waals surface area contributed by atoms with Crippen molar-refractivity contribution in [2.75, 3.05) is 14.2 Å². The SMILES string of the molecule is COc1cc(I)cc(C(=O)Cl)c1OC. The van der Waals surface area contributed by atoms with Gasteiger partial charge in [-0.25, -0.2) is 0 Å². The van der Waals surface area contributed by atoms with E-state index in [1.165, 1.54) is 14.2 Å². The van der Waals surface area contributed by atoms with Crippen LogP contribution in [-0.4, -0.2) is 19.5 Å². The fraction of sp³-hybridized carbons (Fsp3) is 0.222. The van der Waals surface area contributed by atoms with Gasteiger partial charge in [0.05, 0.1) is 19.8 Å². The molecule has 0 fully saturated rings. The van der Waals surface area contributed by atoms with Gasteiger partial charge >= 0.3 is 0 Å². The fourth-order valence-electron chi connectivity index (χ4n) is 1.08. The van der Waals surface area contributed by atoms with Crippen LogP contribution in [0.4, 0.5) is 0 Å². The van der Waals surface area contributed by atoms with Crippen molar-refractivity contribution in [1.82, 2.24) is 0 Å². The van der Waals surface area contributed by atoms with Crippen molar-refractivity contribution in [3.63, 3.8) is 0 Å². The Morgan fingerprint density at radius 3 is 2.43 bits per heavy atom. The number of hydrogen-bond acceptors (Lipinski definition) is 3. The van der Waals surface area contributed by atoms with Crippen LogP contribution in [0, 0.1) is 3.57 Å². The summed E-state index contributed by atoms with van der Waals surface area (Å²) < 4.78 is 11.0. The number of carbonyl (C=O) groups excluding carboxylic acids is 1. The Labute approximate surface area is 100 Å². The number of rotatable bonds is 3. The lowest BCUT2D eigenvalue weighted by molar-refractivity contribution is 0.107. The van der Waals surface area contributed by atoms with Gasteiger partial charge in [0.15, 0.2) is 11.5 Å². The van der Waals surface area contributed by atoms with Crippen molar-refractivity contribution in [2.24, 2.45) is 0 Å². The molecule has 3 nitrogen and oxygen atoms in total. The van der Waals surface area contributed by atoms with Crippen LogP contribution in [0.3, 0.4) is 0 Å². The molecular formula is C9H8ClIO3. The minimum absolute atomic E-state index is 0.318. The Morgan fingerprint density at radius 2 is 2.00 bits per heavy atom. The van der Waals surface area contributed by atoms with Gasteiger partial charge in [-0.2, -0.15) is 0 Å². The van der Waals surface area contributed by atoms with Crippen molar-refractivity contribution in [1.29, 1.82) is 0 Å².